The lowest BCUT2D eigenvalue weighted by Gasteiger charge is -2.28. The van der Waals surface area contributed by atoms with Crippen molar-refractivity contribution in [3.05, 3.63) is 243 Å². The second-order valence-corrected chi connectivity index (χ2v) is 17.2. The molecule has 9 rings (SSSR count). The minimum Gasteiger partial charge on any atom is -0.310 e. The summed E-state index contributed by atoms with van der Waals surface area (Å²) in [5.74, 6) is 0. The number of para-hydroxylation sites is 4. The number of allylic oxidation sites excluding steroid dienone is 2. The largest absolute Gasteiger partial charge is 0.310 e. The van der Waals surface area contributed by atoms with E-state index in [-0.39, 0.29) is 10.8 Å². The van der Waals surface area contributed by atoms with Gasteiger partial charge < -0.3 is 9.80 Å². The Kier molecular flexibility index (Phi) is 10.7. The van der Waals surface area contributed by atoms with Crippen LogP contribution in [0.5, 0.6) is 0 Å². The highest BCUT2D eigenvalue weighted by Gasteiger charge is 2.24. The molecule has 0 aliphatic rings. The second-order valence-electron chi connectivity index (χ2n) is 17.2. The summed E-state index contributed by atoms with van der Waals surface area (Å²) in [7, 11) is 0. The minimum absolute atomic E-state index is 0.162. The van der Waals surface area contributed by atoms with E-state index in [9.17, 15) is 0 Å². The van der Waals surface area contributed by atoms with Crippen LogP contribution in [0, 0.1) is 0 Å². The van der Waals surface area contributed by atoms with Crippen molar-refractivity contribution in [2.45, 2.75) is 38.5 Å². The van der Waals surface area contributed by atoms with Crippen molar-refractivity contribution in [2.24, 2.45) is 0 Å². The maximum absolute atomic E-state index is 4.16. The maximum Gasteiger partial charge on any atom is 0.0468 e. The zero-order chi connectivity index (χ0) is 42.8. The van der Waals surface area contributed by atoms with Crippen molar-refractivity contribution in [2.75, 3.05) is 9.80 Å². The summed E-state index contributed by atoms with van der Waals surface area (Å²) in [6.45, 7) is 17.2. The van der Waals surface area contributed by atoms with Gasteiger partial charge >= 0.3 is 0 Å². The Morgan fingerprint density at radius 2 is 0.613 bits per heavy atom. The van der Waals surface area contributed by atoms with E-state index in [1.54, 1.807) is 0 Å². The third-order valence-corrected chi connectivity index (χ3v) is 12.5. The van der Waals surface area contributed by atoms with E-state index >= 15 is 0 Å². The molecule has 0 radical (unpaired) electrons. The Morgan fingerprint density at radius 1 is 0.323 bits per heavy atom. The van der Waals surface area contributed by atoms with Gasteiger partial charge in [0.05, 0.1) is 0 Å². The highest BCUT2D eigenvalue weighted by Crippen LogP contribution is 2.48. The van der Waals surface area contributed by atoms with Crippen LogP contribution in [0.2, 0.25) is 0 Å². The van der Waals surface area contributed by atoms with E-state index in [0.717, 1.165) is 45.3 Å². The molecule has 0 unspecified atom stereocenters. The number of rotatable bonds is 12. The Bertz CT molecular complexity index is 2710. The standard InChI is InChI=1S/C60H52N2/c1-7-59(3,4)45-33-29-43(30-34-45)57-53-39-37-52(62(49-25-17-11-18-26-49)50-27-19-12-20-28-50)42-56(53)58(44-31-35-46(36-32-44)60(5,6)8-2)54-40-38-51(41-55(54)57)61(47-21-13-9-14-22-47)48-23-15-10-16-24-48/h7-42H,1-2H2,3-6H3. The molecule has 2 heteroatoms. The van der Waals surface area contributed by atoms with Gasteiger partial charge in [0, 0.05) is 45.0 Å². The molecule has 62 heavy (non-hydrogen) atoms. The zero-order valence-corrected chi connectivity index (χ0v) is 36.1. The molecule has 0 amide bonds. The molecular weight excluding hydrogens is 749 g/mol. The van der Waals surface area contributed by atoms with Gasteiger partial charge in [-0.3, -0.25) is 0 Å². The van der Waals surface area contributed by atoms with E-state index in [0.29, 0.717) is 0 Å². The van der Waals surface area contributed by atoms with Crippen LogP contribution < -0.4 is 9.80 Å². The van der Waals surface area contributed by atoms with E-state index < -0.39 is 0 Å². The van der Waals surface area contributed by atoms with Crippen LogP contribution >= 0.6 is 0 Å². The molecular formula is C60H52N2. The fraction of sp³-hybridized carbons (Fsp3) is 0.100. The van der Waals surface area contributed by atoms with Crippen LogP contribution in [0.25, 0.3) is 43.8 Å². The quantitative estimate of drug-likeness (QED) is 0.0897. The molecule has 9 aromatic rings. The van der Waals surface area contributed by atoms with Crippen LogP contribution in [0.3, 0.4) is 0 Å². The highest BCUT2D eigenvalue weighted by molar-refractivity contribution is 6.22. The second kappa shape index (κ2) is 16.6. The van der Waals surface area contributed by atoms with Gasteiger partial charge in [-0.15, -0.1) is 13.2 Å². The van der Waals surface area contributed by atoms with Crippen molar-refractivity contribution in [1.82, 2.24) is 0 Å². The van der Waals surface area contributed by atoms with Gasteiger partial charge in [-0.1, -0.05) is 173 Å². The maximum atomic E-state index is 4.16. The fourth-order valence-electron chi connectivity index (χ4n) is 8.68. The van der Waals surface area contributed by atoms with Crippen LogP contribution in [-0.2, 0) is 10.8 Å². The summed E-state index contributed by atoms with van der Waals surface area (Å²) in [5, 5.41) is 4.74. The average Bonchev–Trinajstić information content (AvgIpc) is 3.32. The Morgan fingerprint density at radius 3 is 0.887 bits per heavy atom. The number of fused-ring (bicyclic) bond motifs is 2. The first-order valence-electron chi connectivity index (χ1n) is 21.5. The van der Waals surface area contributed by atoms with Crippen LogP contribution in [0.1, 0.15) is 38.8 Å². The monoisotopic (exact) mass is 800 g/mol. The van der Waals surface area contributed by atoms with Crippen LogP contribution in [0.15, 0.2) is 232 Å². The third kappa shape index (κ3) is 7.50. The molecule has 0 bridgehead atoms. The number of hydrogen-bond acceptors (Lipinski definition) is 2. The molecule has 9 aromatic carbocycles. The first kappa shape index (κ1) is 40.0. The molecule has 0 aliphatic carbocycles. The summed E-state index contributed by atoms with van der Waals surface area (Å²) in [4.78, 5) is 4.71. The highest BCUT2D eigenvalue weighted by atomic mass is 15.1. The van der Waals surface area contributed by atoms with Gasteiger partial charge in [0.15, 0.2) is 0 Å². The molecule has 0 atom stereocenters. The van der Waals surface area contributed by atoms with E-state index in [4.69, 9.17) is 0 Å². The number of hydrogen-bond donors (Lipinski definition) is 0. The molecule has 0 aromatic heterocycles. The Labute approximate surface area is 367 Å². The molecule has 0 fully saturated rings. The van der Waals surface area contributed by atoms with Crippen molar-refractivity contribution < 1.29 is 0 Å². The lowest BCUT2D eigenvalue weighted by molar-refractivity contribution is 0.672. The summed E-state index contributed by atoms with van der Waals surface area (Å²) in [5.41, 5.74) is 13.4. The first-order chi connectivity index (χ1) is 30.2. The number of nitrogens with zero attached hydrogens (tertiary/aromatic N) is 2. The van der Waals surface area contributed by atoms with E-state index in [1.165, 1.54) is 43.8 Å². The lowest BCUT2D eigenvalue weighted by Crippen LogP contribution is -2.12. The van der Waals surface area contributed by atoms with Crippen LogP contribution in [-0.4, -0.2) is 0 Å². The summed E-state index contributed by atoms with van der Waals surface area (Å²) < 4.78 is 0. The summed E-state index contributed by atoms with van der Waals surface area (Å²) in [6, 6.07) is 75.0. The van der Waals surface area contributed by atoms with E-state index in [2.05, 4.69) is 257 Å². The Hall–Kier alpha value is -7.42. The molecule has 0 aliphatic heterocycles. The molecule has 2 nitrogen and oxygen atoms in total. The van der Waals surface area contributed by atoms with Gasteiger partial charge in [-0.2, -0.15) is 0 Å². The van der Waals surface area contributed by atoms with Crippen molar-refractivity contribution in [3.63, 3.8) is 0 Å². The molecule has 0 saturated heterocycles. The molecule has 0 saturated carbocycles. The lowest BCUT2D eigenvalue weighted by atomic mass is 9.81. The predicted octanol–water partition coefficient (Wildman–Crippen LogP) is 17.2. The normalized spacial score (nSPS) is 11.7. The molecule has 0 spiro atoms. The van der Waals surface area contributed by atoms with Gasteiger partial charge in [0.25, 0.3) is 0 Å². The van der Waals surface area contributed by atoms with Crippen molar-refractivity contribution in [3.8, 4) is 22.3 Å². The molecule has 0 N–H and O–H groups in total. The van der Waals surface area contributed by atoms with Gasteiger partial charge in [-0.05, 0) is 128 Å². The Balaban J connectivity index is 1.39. The zero-order valence-electron chi connectivity index (χ0n) is 36.1. The van der Waals surface area contributed by atoms with Crippen molar-refractivity contribution >= 4 is 55.7 Å². The predicted molar refractivity (Wildman–Crippen MR) is 268 cm³/mol. The fourth-order valence-corrected chi connectivity index (χ4v) is 8.68. The number of anilines is 6. The first-order valence-corrected chi connectivity index (χ1v) is 21.5. The van der Waals surface area contributed by atoms with Crippen LogP contribution in [0.4, 0.5) is 34.1 Å². The van der Waals surface area contributed by atoms with E-state index in [1.807, 2.05) is 12.2 Å². The topological polar surface area (TPSA) is 6.48 Å². The summed E-state index contributed by atoms with van der Waals surface area (Å²) in [6.07, 6.45) is 4.06. The van der Waals surface area contributed by atoms with Gasteiger partial charge in [-0.25, -0.2) is 0 Å². The summed E-state index contributed by atoms with van der Waals surface area (Å²) >= 11 is 0. The number of benzene rings is 9. The molecule has 302 valence electrons. The van der Waals surface area contributed by atoms with Crippen molar-refractivity contribution in [1.29, 1.82) is 0 Å². The third-order valence-electron chi connectivity index (χ3n) is 12.5. The SMILES string of the molecule is C=CC(C)(C)c1ccc(-c2c3ccc(N(c4ccccc4)c4ccccc4)cc3c(-c3ccc(C(C)(C)C=C)cc3)c3ccc(N(c4ccccc4)c4ccccc4)cc23)cc1. The minimum atomic E-state index is -0.162. The van der Waals surface area contributed by atoms with Gasteiger partial charge in [0.1, 0.15) is 0 Å². The molecule has 0 heterocycles. The smallest absolute Gasteiger partial charge is 0.0468 e. The average molecular weight is 801 g/mol. The van der Waals surface area contributed by atoms with Gasteiger partial charge in [0.2, 0.25) is 0 Å².